The molecule has 70 valence electrons. The second kappa shape index (κ2) is 2.71. The molecule has 1 saturated carbocycles. The first kappa shape index (κ1) is 8.52. The summed E-state index contributed by atoms with van der Waals surface area (Å²) in [6, 6.07) is 0. The lowest BCUT2D eigenvalue weighted by Crippen LogP contribution is -2.29. The van der Waals surface area contributed by atoms with Gasteiger partial charge in [0, 0.05) is 0 Å². The van der Waals surface area contributed by atoms with E-state index in [1.54, 1.807) is 0 Å². The maximum atomic E-state index is 9.09. The second-order valence-electron chi connectivity index (χ2n) is 4.61. The van der Waals surface area contributed by atoms with Crippen molar-refractivity contribution in [1.29, 1.82) is 0 Å². The van der Waals surface area contributed by atoms with E-state index in [0.717, 1.165) is 24.7 Å². The molecular formula is C10H18O2. The van der Waals surface area contributed by atoms with Crippen LogP contribution < -0.4 is 0 Å². The molecule has 2 aliphatic rings. The average molecular weight is 170 g/mol. The third-order valence-corrected chi connectivity index (χ3v) is 3.57. The molecule has 1 aliphatic heterocycles. The Morgan fingerprint density at radius 1 is 1.58 bits per heavy atom. The van der Waals surface area contributed by atoms with E-state index in [9.17, 15) is 0 Å². The Bertz CT molecular complexity index is 179. The monoisotopic (exact) mass is 170 g/mol. The van der Waals surface area contributed by atoms with E-state index < -0.39 is 0 Å². The Hall–Kier alpha value is -0.0800. The van der Waals surface area contributed by atoms with Gasteiger partial charge in [-0.05, 0) is 31.1 Å². The molecule has 12 heavy (non-hydrogen) atoms. The fourth-order valence-corrected chi connectivity index (χ4v) is 2.38. The van der Waals surface area contributed by atoms with Gasteiger partial charge in [-0.15, -0.1) is 0 Å². The van der Waals surface area contributed by atoms with Crippen molar-refractivity contribution in [2.45, 2.75) is 44.8 Å². The quantitative estimate of drug-likeness (QED) is 0.638. The predicted molar refractivity (Wildman–Crippen MR) is 46.9 cm³/mol. The molecule has 1 aliphatic carbocycles. The number of aliphatic hydroxyl groups is 1. The van der Waals surface area contributed by atoms with Gasteiger partial charge in [0.15, 0.2) is 0 Å². The molecule has 1 saturated heterocycles. The molecule has 2 rings (SSSR count). The summed E-state index contributed by atoms with van der Waals surface area (Å²) in [5.74, 6) is 1.59. The minimum Gasteiger partial charge on any atom is -0.393 e. The predicted octanol–water partition coefficient (Wildman–Crippen LogP) is 1.57. The SMILES string of the molecule is CC(C)C1CC[C@@]2(CO)OC2C1. The minimum atomic E-state index is -0.0919. The lowest BCUT2D eigenvalue weighted by molar-refractivity contribution is 0.154. The number of hydrogen-bond acceptors (Lipinski definition) is 2. The molecule has 0 aromatic carbocycles. The molecule has 2 unspecified atom stereocenters. The molecule has 2 nitrogen and oxygen atoms in total. The van der Waals surface area contributed by atoms with Gasteiger partial charge in [-0.2, -0.15) is 0 Å². The third-order valence-electron chi connectivity index (χ3n) is 3.57. The average Bonchev–Trinajstić information content (AvgIpc) is 2.77. The number of aliphatic hydroxyl groups excluding tert-OH is 1. The van der Waals surface area contributed by atoms with E-state index in [0.29, 0.717) is 6.10 Å². The Labute approximate surface area is 73.9 Å². The van der Waals surface area contributed by atoms with Crippen LogP contribution >= 0.6 is 0 Å². The van der Waals surface area contributed by atoms with Crippen molar-refractivity contribution in [3.8, 4) is 0 Å². The highest BCUT2D eigenvalue weighted by Crippen LogP contribution is 2.50. The van der Waals surface area contributed by atoms with Crippen molar-refractivity contribution in [3.63, 3.8) is 0 Å². The highest BCUT2D eigenvalue weighted by atomic mass is 16.6. The van der Waals surface area contributed by atoms with Crippen molar-refractivity contribution in [3.05, 3.63) is 0 Å². The van der Waals surface area contributed by atoms with Gasteiger partial charge in [0.1, 0.15) is 5.60 Å². The lowest BCUT2D eigenvalue weighted by Gasteiger charge is -2.26. The maximum Gasteiger partial charge on any atom is 0.118 e. The van der Waals surface area contributed by atoms with Gasteiger partial charge in [0.25, 0.3) is 0 Å². The van der Waals surface area contributed by atoms with Gasteiger partial charge < -0.3 is 9.84 Å². The second-order valence-corrected chi connectivity index (χ2v) is 4.61. The van der Waals surface area contributed by atoms with Crippen LogP contribution in [0.5, 0.6) is 0 Å². The highest BCUT2D eigenvalue weighted by molar-refractivity contribution is 5.06. The summed E-state index contributed by atoms with van der Waals surface area (Å²) in [6.45, 7) is 4.78. The van der Waals surface area contributed by atoms with E-state index in [2.05, 4.69) is 13.8 Å². The molecule has 0 bridgehead atoms. The Balaban J connectivity index is 1.92. The van der Waals surface area contributed by atoms with Crippen molar-refractivity contribution in [2.24, 2.45) is 11.8 Å². The van der Waals surface area contributed by atoms with Crippen molar-refractivity contribution < 1.29 is 9.84 Å². The first-order chi connectivity index (χ1) is 5.68. The van der Waals surface area contributed by atoms with Crippen molar-refractivity contribution in [2.75, 3.05) is 6.61 Å². The van der Waals surface area contributed by atoms with Gasteiger partial charge in [0.2, 0.25) is 0 Å². The van der Waals surface area contributed by atoms with Crippen LogP contribution in [0.4, 0.5) is 0 Å². The van der Waals surface area contributed by atoms with Gasteiger partial charge in [-0.3, -0.25) is 0 Å². The topological polar surface area (TPSA) is 32.8 Å². The summed E-state index contributed by atoms with van der Waals surface area (Å²) in [7, 11) is 0. The van der Waals surface area contributed by atoms with Crippen molar-refractivity contribution >= 4 is 0 Å². The van der Waals surface area contributed by atoms with Crippen LogP contribution in [-0.4, -0.2) is 23.4 Å². The summed E-state index contributed by atoms with van der Waals surface area (Å²) < 4.78 is 5.54. The van der Waals surface area contributed by atoms with E-state index in [4.69, 9.17) is 9.84 Å². The fourth-order valence-electron chi connectivity index (χ4n) is 2.38. The maximum absolute atomic E-state index is 9.09. The molecule has 0 aromatic rings. The third kappa shape index (κ3) is 1.17. The molecule has 1 N–H and O–H groups in total. The first-order valence-corrected chi connectivity index (χ1v) is 4.96. The molecule has 2 heteroatoms. The van der Waals surface area contributed by atoms with Crippen LogP contribution in [0, 0.1) is 11.8 Å². The molecule has 0 radical (unpaired) electrons. The molecule has 1 heterocycles. The summed E-state index contributed by atoms with van der Waals surface area (Å²) in [6.07, 6.45) is 3.84. The van der Waals surface area contributed by atoms with E-state index in [1.807, 2.05) is 0 Å². The molecule has 0 amide bonds. The largest absolute Gasteiger partial charge is 0.393 e. The van der Waals surface area contributed by atoms with Crippen LogP contribution in [0.3, 0.4) is 0 Å². The zero-order valence-electron chi connectivity index (χ0n) is 7.92. The van der Waals surface area contributed by atoms with Gasteiger partial charge in [0.05, 0.1) is 12.7 Å². The zero-order valence-corrected chi connectivity index (χ0v) is 7.92. The Kier molecular flexibility index (Phi) is 1.92. The van der Waals surface area contributed by atoms with E-state index >= 15 is 0 Å². The van der Waals surface area contributed by atoms with Crippen LogP contribution in [0.25, 0.3) is 0 Å². The smallest absolute Gasteiger partial charge is 0.118 e. The first-order valence-electron chi connectivity index (χ1n) is 4.96. The normalized spacial score (nSPS) is 46.0. The van der Waals surface area contributed by atoms with Gasteiger partial charge in [-0.25, -0.2) is 0 Å². The molecule has 2 fully saturated rings. The summed E-state index contributed by atoms with van der Waals surface area (Å²) in [5, 5.41) is 9.09. The van der Waals surface area contributed by atoms with Crippen LogP contribution in [0.1, 0.15) is 33.1 Å². The number of epoxide rings is 1. The highest BCUT2D eigenvalue weighted by Gasteiger charge is 2.58. The lowest BCUT2D eigenvalue weighted by atomic mass is 9.77. The summed E-state index contributed by atoms with van der Waals surface area (Å²) in [4.78, 5) is 0. The van der Waals surface area contributed by atoms with Crippen molar-refractivity contribution in [1.82, 2.24) is 0 Å². The number of hydrogen-bond donors (Lipinski definition) is 1. The number of rotatable bonds is 2. The summed E-state index contributed by atoms with van der Waals surface area (Å²) in [5.41, 5.74) is -0.0919. The molecular weight excluding hydrogens is 152 g/mol. The Morgan fingerprint density at radius 2 is 2.33 bits per heavy atom. The molecule has 0 aromatic heterocycles. The van der Waals surface area contributed by atoms with E-state index in [-0.39, 0.29) is 12.2 Å². The summed E-state index contributed by atoms with van der Waals surface area (Å²) >= 11 is 0. The number of fused-ring (bicyclic) bond motifs is 1. The zero-order chi connectivity index (χ0) is 8.77. The minimum absolute atomic E-state index is 0.0919. The van der Waals surface area contributed by atoms with Gasteiger partial charge in [-0.1, -0.05) is 13.8 Å². The fraction of sp³-hybridized carbons (Fsp3) is 1.00. The van der Waals surface area contributed by atoms with Crippen LogP contribution in [0.15, 0.2) is 0 Å². The molecule has 0 spiro atoms. The van der Waals surface area contributed by atoms with Crippen LogP contribution in [0.2, 0.25) is 0 Å². The van der Waals surface area contributed by atoms with Gasteiger partial charge >= 0.3 is 0 Å². The molecule has 3 atom stereocenters. The Morgan fingerprint density at radius 3 is 2.83 bits per heavy atom. The van der Waals surface area contributed by atoms with Crippen LogP contribution in [-0.2, 0) is 4.74 Å². The standard InChI is InChI=1S/C10H18O2/c1-7(2)8-3-4-10(6-11)9(5-8)12-10/h7-9,11H,3-6H2,1-2H3/t8?,9?,10-/m0/s1. The van der Waals surface area contributed by atoms with E-state index in [1.165, 1.54) is 6.42 Å². The number of ether oxygens (including phenoxy) is 1.